The molecule has 194 valence electrons. The molecule has 1 saturated carbocycles. The molecule has 7 nitrogen and oxygen atoms in total. The normalized spacial score (nSPS) is 24.3. The first-order chi connectivity index (χ1) is 17.2. The minimum absolute atomic E-state index is 0.0164. The molecule has 4 heterocycles. The lowest BCUT2D eigenvalue weighted by Crippen LogP contribution is -2.42. The number of pyridine rings is 1. The molecule has 0 radical (unpaired) electrons. The van der Waals surface area contributed by atoms with Gasteiger partial charge in [0.1, 0.15) is 11.6 Å². The molecule has 3 aliphatic rings. The molecule has 2 aliphatic heterocycles. The Hall–Kier alpha value is -3.05. The van der Waals surface area contributed by atoms with Gasteiger partial charge in [0.05, 0.1) is 11.3 Å². The van der Waals surface area contributed by atoms with E-state index in [1.54, 1.807) is 6.07 Å². The molecule has 3 atom stereocenters. The van der Waals surface area contributed by atoms with Gasteiger partial charge in [0.2, 0.25) is 5.95 Å². The Morgan fingerprint density at radius 2 is 1.78 bits per heavy atom. The predicted molar refractivity (Wildman–Crippen MR) is 122 cm³/mol. The first-order valence-electron chi connectivity index (χ1n) is 12.2. The van der Waals surface area contributed by atoms with Crippen molar-refractivity contribution in [2.24, 2.45) is 11.8 Å². The highest BCUT2D eigenvalue weighted by atomic mass is 19.4. The number of halogens is 5. The summed E-state index contributed by atoms with van der Waals surface area (Å²) in [5.41, 5.74) is -0.269. The number of carbonyl (C=O) groups is 1. The van der Waals surface area contributed by atoms with Gasteiger partial charge in [0, 0.05) is 44.4 Å². The van der Waals surface area contributed by atoms with Crippen LogP contribution in [-0.4, -0.2) is 58.4 Å². The summed E-state index contributed by atoms with van der Waals surface area (Å²) in [6.07, 6.45) is -1.85. The van der Waals surface area contributed by atoms with E-state index in [9.17, 15) is 26.7 Å². The lowest BCUT2D eigenvalue weighted by Gasteiger charge is -2.34. The molecule has 2 aromatic rings. The van der Waals surface area contributed by atoms with Crippen LogP contribution in [0.3, 0.4) is 0 Å². The number of hydrogen-bond acceptors (Lipinski definition) is 6. The average Bonchev–Trinajstić information content (AvgIpc) is 3.20. The molecule has 5 rings (SSSR count). The summed E-state index contributed by atoms with van der Waals surface area (Å²) in [4.78, 5) is 28.5. The number of likely N-dealkylation sites (tertiary alicyclic amines) is 1. The van der Waals surface area contributed by atoms with Gasteiger partial charge in [-0.05, 0) is 56.1 Å². The van der Waals surface area contributed by atoms with Crippen molar-refractivity contribution in [3.05, 3.63) is 35.7 Å². The predicted octanol–water partition coefficient (Wildman–Crippen LogP) is 4.84. The summed E-state index contributed by atoms with van der Waals surface area (Å²) < 4.78 is 65.6. The third kappa shape index (κ3) is 5.36. The van der Waals surface area contributed by atoms with Gasteiger partial charge in [-0.25, -0.2) is 9.97 Å². The van der Waals surface area contributed by atoms with Gasteiger partial charge >= 0.3 is 12.6 Å². The number of rotatable bonds is 5. The topological polar surface area (TPSA) is 74.2 Å². The summed E-state index contributed by atoms with van der Waals surface area (Å²) in [5.74, 6) is 0.316. The lowest BCUT2D eigenvalue weighted by molar-refractivity contribution is -0.144. The average molecular weight is 511 g/mol. The Bertz CT molecular complexity index is 1100. The van der Waals surface area contributed by atoms with E-state index in [1.807, 2.05) is 0 Å². The van der Waals surface area contributed by atoms with Gasteiger partial charge in [0.25, 0.3) is 5.91 Å². The first kappa shape index (κ1) is 24.6. The van der Waals surface area contributed by atoms with Gasteiger partial charge in [-0.2, -0.15) is 26.9 Å². The molecule has 2 saturated heterocycles. The Morgan fingerprint density at radius 1 is 1.03 bits per heavy atom. The zero-order valence-electron chi connectivity index (χ0n) is 19.5. The van der Waals surface area contributed by atoms with Crippen molar-refractivity contribution in [2.75, 3.05) is 36.4 Å². The fourth-order valence-electron chi connectivity index (χ4n) is 5.60. The van der Waals surface area contributed by atoms with E-state index in [0.29, 0.717) is 36.3 Å². The van der Waals surface area contributed by atoms with Crippen LogP contribution in [-0.2, 0) is 11.0 Å². The minimum Gasteiger partial charge on any atom is -0.340 e. The van der Waals surface area contributed by atoms with Gasteiger partial charge < -0.3 is 15.1 Å². The molecule has 1 N–H and O–H groups in total. The smallest absolute Gasteiger partial charge is 0.340 e. The maximum absolute atomic E-state index is 13.2. The highest BCUT2D eigenvalue weighted by Gasteiger charge is 2.35. The van der Waals surface area contributed by atoms with E-state index >= 15 is 0 Å². The minimum atomic E-state index is -4.52. The van der Waals surface area contributed by atoms with Gasteiger partial charge in [0.15, 0.2) is 0 Å². The number of alkyl halides is 5. The molecule has 0 aromatic carbocycles. The van der Waals surface area contributed by atoms with E-state index in [4.69, 9.17) is 4.98 Å². The van der Waals surface area contributed by atoms with E-state index in [2.05, 4.69) is 20.2 Å². The van der Waals surface area contributed by atoms with Crippen LogP contribution >= 0.6 is 0 Å². The Balaban J connectivity index is 1.46. The molecule has 2 aromatic heterocycles. The highest BCUT2D eigenvalue weighted by molar-refractivity contribution is 5.79. The highest BCUT2D eigenvalue weighted by Crippen LogP contribution is 2.38. The maximum atomic E-state index is 13.2. The van der Waals surface area contributed by atoms with Gasteiger partial charge in [-0.3, -0.25) is 4.79 Å². The molecular formula is C24H27F5N6O. The second-order valence-electron chi connectivity index (χ2n) is 9.90. The molecule has 12 heteroatoms. The standard InChI is InChI=1S/C24H27F5N6O/c25-21(26)22(36)34-7-1-2-16(13-34)18-10-20(32-19-9-17(5-6-30-19)24(27,28)29)33-23(31-18)35-11-14-3-4-15(8-14)12-35/h5-6,9-10,14-16,21H,1-4,7-8,11-13H2,(H,30,31,32,33). The molecule has 3 fully saturated rings. The van der Waals surface area contributed by atoms with Crippen molar-refractivity contribution in [3.63, 3.8) is 0 Å². The zero-order valence-corrected chi connectivity index (χ0v) is 19.5. The Morgan fingerprint density at radius 3 is 2.47 bits per heavy atom. The number of piperidine rings is 2. The Kier molecular flexibility index (Phi) is 6.69. The summed E-state index contributed by atoms with van der Waals surface area (Å²) >= 11 is 0. The lowest BCUT2D eigenvalue weighted by atomic mass is 9.94. The third-order valence-electron chi connectivity index (χ3n) is 7.31. The SMILES string of the molecule is O=C(C(F)F)N1CCCC(c2cc(Nc3cc(C(F)(F)F)ccn3)nc(N3CC4CCC(C4)C3)n2)C1. The van der Waals surface area contributed by atoms with E-state index in [0.717, 1.165) is 49.2 Å². The van der Waals surface area contributed by atoms with Crippen LogP contribution in [0.15, 0.2) is 24.4 Å². The molecule has 36 heavy (non-hydrogen) atoms. The molecule has 3 unspecified atom stereocenters. The molecule has 1 amide bonds. The number of aromatic nitrogens is 3. The van der Waals surface area contributed by atoms with Crippen molar-refractivity contribution in [2.45, 2.75) is 50.6 Å². The first-order valence-corrected chi connectivity index (χ1v) is 12.2. The summed E-state index contributed by atoms with van der Waals surface area (Å²) in [6, 6.07) is 3.42. The fraction of sp³-hybridized carbons (Fsp3) is 0.583. The molecule has 2 bridgehead atoms. The largest absolute Gasteiger partial charge is 0.416 e. The summed E-state index contributed by atoms with van der Waals surface area (Å²) in [6.45, 7) is 1.95. The quantitative estimate of drug-likeness (QED) is 0.581. The van der Waals surface area contributed by atoms with Crippen LogP contribution in [0.2, 0.25) is 0 Å². The third-order valence-corrected chi connectivity index (χ3v) is 7.31. The fourth-order valence-corrected chi connectivity index (χ4v) is 5.60. The summed E-state index contributed by atoms with van der Waals surface area (Å²) in [5, 5.41) is 2.88. The summed E-state index contributed by atoms with van der Waals surface area (Å²) in [7, 11) is 0. The molecular weight excluding hydrogens is 483 g/mol. The van der Waals surface area contributed by atoms with Crippen LogP contribution < -0.4 is 10.2 Å². The molecule has 1 aliphatic carbocycles. The molecule has 0 spiro atoms. The number of hydrogen-bond donors (Lipinski definition) is 1. The van der Waals surface area contributed by atoms with Crippen molar-refractivity contribution in [1.29, 1.82) is 0 Å². The van der Waals surface area contributed by atoms with Crippen molar-refractivity contribution >= 4 is 23.5 Å². The van der Waals surface area contributed by atoms with Crippen molar-refractivity contribution in [3.8, 4) is 0 Å². The second kappa shape index (κ2) is 9.78. The van der Waals surface area contributed by atoms with E-state index in [1.165, 1.54) is 6.42 Å². The number of nitrogens with one attached hydrogen (secondary N) is 1. The van der Waals surface area contributed by atoms with Crippen molar-refractivity contribution in [1.82, 2.24) is 19.9 Å². The number of amides is 1. The van der Waals surface area contributed by atoms with Gasteiger partial charge in [-0.15, -0.1) is 0 Å². The Labute approximate surface area is 205 Å². The van der Waals surface area contributed by atoms with Crippen LogP contribution in [0.4, 0.5) is 39.5 Å². The van der Waals surface area contributed by atoms with Crippen LogP contribution in [0.1, 0.15) is 49.3 Å². The van der Waals surface area contributed by atoms with Gasteiger partial charge in [-0.1, -0.05) is 0 Å². The zero-order chi connectivity index (χ0) is 25.4. The number of anilines is 3. The van der Waals surface area contributed by atoms with Crippen molar-refractivity contribution < 1.29 is 26.7 Å². The number of nitrogens with zero attached hydrogens (tertiary/aromatic N) is 5. The second-order valence-corrected chi connectivity index (χ2v) is 9.90. The van der Waals surface area contributed by atoms with Crippen LogP contribution in [0, 0.1) is 11.8 Å². The van der Waals surface area contributed by atoms with E-state index < -0.39 is 24.1 Å². The number of fused-ring (bicyclic) bond motifs is 2. The number of carbonyl (C=O) groups excluding carboxylic acids is 1. The van der Waals surface area contributed by atoms with E-state index in [-0.39, 0.29) is 30.6 Å². The van der Waals surface area contributed by atoms with Crippen LogP contribution in [0.25, 0.3) is 0 Å². The van der Waals surface area contributed by atoms with Crippen LogP contribution in [0.5, 0.6) is 0 Å². The monoisotopic (exact) mass is 510 g/mol. The maximum Gasteiger partial charge on any atom is 0.416 e.